The number of anilines is 1. The van der Waals surface area contributed by atoms with Crippen LogP contribution in [0.15, 0.2) is 36.4 Å². The lowest BCUT2D eigenvalue weighted by Crippen LogP contribution is -2.30. The van der Waals surface area contributed by atoms with Gasteiger partial charge in [-0.05, 0) is 44.9 Å². The van der Waals surface area contributed by atoms with E-state index in [2.05, 4.69) is 5.32 Å². The van der Waals surface area contributed by atoms with Crippen molar-refractivity contribution in [2.45, 2.75) is 33.8 Å². The van der Waals surface area contributed by atoms with Gasteiger partial charge in [0.15, 0.2) is 6.10 Å². The summed E-state index contributed by atoms with van der Waals surface area (Å²) < 4.78 is 5.11. The molecule has 1 N–H and O–H groups in total. The van der Waals surface area contributed by atoms with Crippen LogP contribution in [-0.4, -0.2) is 22.9 Å². The molecule has 0 saturated carbocycles. The van der Waals surface area contributed by atoms with Crippen molar-refractivity contribution in [3.8, 4) is 0 Å². The quantitative estimate of drug-likeness (QED) is 0.500. The van der Waals surface area contributed by atoms with Gasteiger partial charge in [-0.2, -0.15) is 0 Å². The number of rotatable bonds is 5. The third-order valence-electron chi connectivity index (χ3n) is 3.90. The number of carbonyl (C=O) groups excluding carboxylic acids is 2. The van der Waals surface area contributed by atoms with Crippen LogP contribution >= 0.6 is 0 Å². The van der Waals surface area contributed by atoms with Crippen LogP contribution < -0.4 is 5.32 Å². The molecule has 0 aromatic heterocycles. The Balaban J connectivity index is 2.13. The Bertz CT molecular complexity index is 853. The summed E-state index contributed by atoms with van der Waals surface area (Å²) in [5.74, 6) is -1.43. The van der Waals surface area contributed by atoms with Gasteiger partial charge in [0, 0.05) is 11.8 Å². The van der Waals surface area contributed by atoms with Crippen molar-refractivity contribution >= 4 is 23.3 Å². The highest BCUT2D eigenvalue weighted by Crippen LogP contribution is 2.23. The number of nitrogens with zero attached hydrogens (tertiary/aromatic N) is 1. The van der Waals surface area contributed by atoms with E-state index in [1.165, 1.54) is 31.2 Å². The lowest BCUT2D eigenvalue weighted by molar-refractivity contribution is -0.385. The molecule has 0 aliphatic carbocycles. The Morgan fingerprint density at radius 1 is 1.12 bits per heavy atom. The van der Waals surface area contributed by atoms with Crippen molar-refractivity contribution in [2.24, 2.45) is 0 Å². The average molecular weight is 356 g/mol. The van der Waals surface area contributed by atoms with Crippen LogP contribution in [0, 0.1) is 30.9 Å². The molecular formula is C19H20N2O5. The Labute approximate surface area is 151 Å². The molecule has 0 aliphatic rings. The zero-order valence-corrected chi connectivity index (χ0v) is 15.0. The van der Waals surface area contributed by atoms with Crippen LogP contribution in [0.3, 0.4) is 0 Å². The number of para-hydroxylation sites is 1. The molecule has 0 aliphatic heterocycles. The maximum atomic E-state index is 12.4. The number of ether oxygens (including phenoxy) is 1. The number of hydrogen-bond donors (Lipinski definition) is 1. The molecular weight excluding hydrogens is 336 g/mol. The summed E-state index contributed by atoms with van der Waals surface area (Å²) in [7, 11) is 0. The number of nitro groups is 1. The van der Waals surface area contributed by atoms with Gasteiger partial charge in [0.05, 0.1) is 4.92 Å². The molecule has 2 aromatic carbocycles. The second kappa shape index (κ2) is 7.77. The van der Waals surface area contributed by atoms with Crippen molar-refractivity contribution in [3.05, 3.63) is 68.8 Å². The molecule has 0 fully saturated rings. The molecule has 2 rings (SSSR count). The number of aryl methyl sites for hydroxylation is 3. The molecule has 7 nitrogen and oxygen atoms in total. The number of esters is 1. The highest BCUT2D eigenvalue weighted by molar-refractivity contribution is 5.99. The molecule has 2 aromatic rings. The highest BCUT2D eigenvalue weighted by Gasteiger charge is 2.25. The first-order chi connectivity index (χ1) is 12.2. The van der Waals surface area contributed by atoms with Crippen LogP contribution in [0.2, 0.25) is 0 Å². The minimum Gasteiger partial charge on any atom is -0.449 e. The van der Waals surface area contributed by atoms with E-state index in [9.17, 15) is 19.7 Å². The molecule has 7 heteroatoms. The van der Waals surface area contributed by atoms with Crippen LogP contribution in [0.4, 0.5) is 11.4 Å². The second-order valence-electron chi connectivity index (χ2n) is 6.08. The van der Waals surface area contributed by atoms with Crippen LogP contribution in [0.25, 0.3) is 0 Å². The minimum atomic E-state index is -1.11. The zero-order chi connectivity index (χ0) is 19.4. The standard InChI is InChI=1S/C19H20N2O5/c1-11-9-12(2)17(13(3)10-11)20-18(22)14(4)26-19(23)15-7-5-6-8-16(15)21(24)25/h5-10,14H,1-4H3,(H,20,22)/t14-/m0/s1. The molecule has 1 atom stereocenters. The van der Waals surface area contributed by atoms with Crippen LogP contribution in [-0.2, 0) is 9.53 Å². The summed E-state index contributed by atoms with van der Waals surface area (Å²) in [6.07, 6.45) is -1.11. The summed E-state index contributed by atoms with van der Waals surface area (Å²) >= 11 is 0. The van der Waals surface area contributed by atoms with Crippen molar-refractivity contribution in [3.63, 3.8) is 0 Å². The number of amides is 1. The Morgan fingerprint density at radius 3 is 2.27 bits per heavy atom. The Hall–Kier alpha value is -3.22. The Kier molecular flexibility index (Phi) is 5.71. The normalized spacial score (nSPS) is 11.5. The van der Waals surface area contributed by atoms with Crippen LogP contribution in [0.5, 0.6) is 0 Å². The van der Waals surface area contributed by atoms with Gasteiger partial charge in [-0.3, -0.25) is 14.9 Å². The van der Waals surface area contributed by atoms with Gasteiger partial charge in [-0.15, -0.1) is 0 Å². The first kappa shape index (κ1) is 19.1. The number of nitrogens with one attached hydrogen (secondary N) is 1. The molecule has 0 unspecified atom stereocenters. The SMILES string of the molecule is Cc1cc(C)c(NC(=O)[C@H](C)OC(=O)c2ccccc2[N+](=O)[O-])c(C)c1. The van der Waals surface area contributed by atoms with E-state index in [4.69, 9.17) is 4.74 Å². The van der Waals surface area contributed by atoms with E-state index in [1.807, 2.05) is 32.9 Å². The predicted octanol–water partition coefficient (Wildman–Crippen LogP) is 3.70. The van der Waals surface area contributed by atoms with Gasteiger partial charge in [0.25, 0.3) is 11.6 Å². The van der Waals surface area contributed by atoms with E-state index >= 15 is 0 Å². The fraction of sp³-hybridized carbons (Fsp3) is 0.263. The second-order valence-corrected chi connectivity index (χ2v) is 6.08. The molecule has 0 spiro atoms. The Morgan fingerprint density at radius 2 is 1.69 bits per heavy atom. The zero-order valence-electron chi connectivity index (χ0n) is 15.0. The van der Waals surface area contributed by atoms with Crippen molar-refractivity contribution in [1.29, 1.82) is 0 Å². The third kappa shape index (κ3) is 4.24. The molecule has 0 bridgehead atoms. The smallest absolute Gasteiger partial charge is 0.345 e. The van der Waals surface area contributed by atoms with Gasteiger partial charge < -0.3 is 10.1 Å². The lowest BCUT2D eigenvalue weighted by atomic mass is 10.0. The van der Waals surface area contributed by atoms with E-state index in [0.29, 0.717) is 5.69 Å². The molecule has 0 saturated heterocycles. The van der Waals surface area contributed by atoms with E-state index in [-0.39, 0.29) is 11.3 Å². The number of hydrogen-bond acceptors (Lipinski definition) is 5. The summed E-state index contributed by atoms with van der Waals surface area (Å²) in [4.78, 5) is 34.9. The van der Waals surface area contributed by atoms with E-state index in [0.717, 1.165) is 16.7 Å². The van der Waals surface area contributed by atoms with Crippen molar-refractivity contribution in [2.75, 3.05) is 5.32 Å². The van der Waals surface area contributed by atoms with Gasteiger partial charge in [0.1, 0.15) is 5.56 Å². The largest absolute Gasteiger partial charge is 0.449 e. The fourth-order valence-corrected chi connectivity index (χ4v) is 2.69. The highest BCUT2D eigenvalue weighted by atomic mass is 16.6. The number of nitro benzene ring substituents is 1. The van der Waals surface area contributed by atoms with Crippen molar-refractivity contribution < 1.29 is 19.2 Å². The fourth-order valence-electron chi connectivity index (χ4n) is 2.69. The van der Waals surface area contributed by atoms with Gasteiger partial charge in [-0.25, -0.2) is 4.79 Å². The van der Waals surface area contributed by atoms with E-state index < -0.39 is 22.9 Å². The van der Waals surface area contributed by atoms with Crippen LogP contribution in [0.1, 0.15) is 34.0 Å². The minimum absolute atomic E-state index is 0.195. The maximum absolute atomic E-state index is 12.4. The average Bonchev–Trinajstić information content (AvgIpc) is 2.57. The first-order valence-electron chi connectivity index (χ1n) is 8.03. The number of benzene rings is 2. The summed E-state index contributed by atoms with van der Waals surface area (Å²) in [5.41, 5.74) is 2.97. The number of carbonyl (C=O) groups is 2. The topological polar surface area (TPSA) is 98.5 Å². The summed E-state index contributed by atoms with van der Waals surface area (Å²) in [6.45, 7) is 7.13. The van der Waals surface area contributed by atoms with Crippen molar-refractivity contribution in [1.82, 2.24) is 0 Å². The molecule has 0 heterocycles. The van der Waals surface area contributed by atoms with Gasteiger partial charge >= 0.3 is 5.97 Å². The lowest BCUT2D eigenvalue weighted by Gasteiger charge is -2.17. The maximum Gasteiger partial charge on any atom is 0.345 e. The predicted molar refractivity (Wildman–Crippen MR) is 97.3 cm³/mol. The third-order valence-corrected chi connectivity index (χ3v) is 3.90. The van der Waals surface area contributed by atoms with E-state index in [1.54, 1.807) is 0 Å². The molecule has 0 radical (unpaired) electrons. The monoisotopic (exact) mass is 356 g/mol. The van der Waals surface area contributed by atoms with Gasteiger partial charge in [-0.1, -0.05) is 29.8 Å². The van der Waals surface area contributed by atoms with Gasteiger partial charge in [0.2, 0.25) is 0 Å². The molecule has 26 heavy (non-hydrogen) atoms. The first-order valence-corrected chi connectivity index (χ1v) is 8.03. The molecule has 136 valence electrons. The summed E-state index contributed by atoms with van der Waals surface area (Å²) in [6, 6.07) is 9.32. The summed E-state index contributed by atoms with van der Waals surface area (Å²) in [5, 5.41) is 13.8. The molecule has 1 amide bonds.